The van der Waals surface area contributed by atoms with Gasteiger partial charge in [0.15, 0.2) is 0 Å². The molecule has 0 heterocycles. The number of hydrogen-bond acceptors (Lipinski definition) is 1. The van der Waals surface area contributed by atoms with E-state index in [0.717, 1.165) is 25.3 Å². The zero-order chi connectivity index (χ0) is 11.8. The first kappa shape index (κ1) is 13.5. The molecular formula is C14H21ClO. The fraction of sp³-hybridized carbons (Fsp3) is 0.571. The number of halogens is 1. The molecule has 2 heteroatoms. The summed E-state index contributed by atoms with van der Waals surface area (Å²) in [5.41, 5.74) is 1.37. The summed E-state index contributed by atoms with van der Waals surface area (Å²) in [7, 11) is 1.75. The van der Waals surface area contributed by atoms with Gasteiger partial charge in [-0.25, -0.2) is 0 Å². The highest BCUT2D eigenvalue weighted by Gasteiger charge is 2.16. The van der Waals surface area contributed by atoms with E-state index in [-0.39, 0.29) is 0 Å². The number of methoxy groups -OCH3 is 1. The summed E-state index contributed by atoms with van der Waals surface area (Å²) >= 11 is 6.05. The molecule has 2 atom stereocenters. The highest BCUT2D eigenvalue weighted by Crippen LogP contribution is 2.21. The third-order valence-corrected chi connectivity index (χ3v) is 3.52. The molecule has 0 bridgehead atoms. The van der Waals surface area contributed by atoms with E-state index in [1.165, 1.54) is 5.56 Å². The molecule has 0 aliphatic carbocycles. The summed E-state index contributed by atoms with van der Waals surface area (Å²) in [5.74, 6) is 1.87. The van der Waals surface area contributed by atoms with Crippen molar-refractivity contribution in [3.8, 4) is 0 Å². The Morgan fingerprint density at radius 2 is 1.94 bits per heavy atom. The SMILES string of the molecule is COCCC(C)C(CCl)Cc1ccccc1. The molecule has 0 saturated heterocycles. The molecule has 90 valence electrons. The summed E-state index contributed by atoms with van der Waals surface area (Å²) in [6.45, 7) is 3.08. The molecule has 0 spiro atoms. The van der Waals surface area contributed by atoms with Gasteiger partial charge in [-0.05, 0) is 30.2 Å². The standard InChI is InChI=1S/C14H21ClO/c1-12(8-9-16-2)14(11-15)10-13-6-4-3-5-7-13/h3-7,12,14H,8-11H2,1-2H3. The molecule has 16 heavy (non-hydrogen) atoms. The Kier molecular flexibility index (Phi) is 6.51. The average Bonchev–Trinajstić information content (AvgIpc) is 2.34. The number of hydrogen-bond donors (Lipinski definition) is 0. The maximum Gasteiger partial charge on any atom is 0.0464 e. The lowest BCUT2D eigenvalue weighted by Crippen LogP contribution is -2.18. The monoisotopic (exact) mass is 240 g/mol. The molecule has 0 aliphatic rings. The summed E-state index contributed by atoms with van der Waals surface area (Å²) in [6.07, 6.45) is 2.15. The molecule has 1 rings (SSSR count). The first-order valence-electron chi connectivity index (χ1n) is 5.86. The van der Waals surface area contributed by atoms with Gasteiger partial charge in [-0.3, -0.25) is 0 Å². The Morgan fingerprint density at radius 1 is 1.25 bits per heavy atom. The third kappa shape index (κ3) is 4.54. The molecule has 1 aromatic rings. The number of rotatable bonds is 7. The van der Waals surface area contributed by atoms with Gasteiger partial charge >= 0.3 is 0 Å². The predicted octanol–water partition coefficient (Wildman–Crippen LogP) is 3.76. The molecule has 0 aliphatic heterocycles. The number of ether oxygens (including phenoxy) is 1. The number of alkyl halides is 1. The zero-order valence-electron chi connectivity index (χ0n) is 10.2. The molecule has 2 unspecified atom stereocenters. The van der Waals surface area contributed by atoms with Crippen LogP contribution in [0.2, 0.25) is 0 Å². The normalized spacial score (nSPS) is 14.7. The topological polar surface area (TPSA) is 9.23 Å². The number of benzene rings is 1. The lowest BCUT2D eigenvalue weighted by molar-refractivity contribution is 0.168. The fourth-order valence-electron chi connectivity index (χ4n) is 1.86. The van der Waals surface area contributed by atoms with E-state index in [9.17, 15) is 0 Å². The van der Waals surface area contributed by atoms with Crippen LogP contribution in [0.15, 0.2) is 30.3 Å². The molecule has 0 fully saturated rings. The second-order valence-electron chi connectivity index (χ2n) is 4.36. The minimum atomic E-state index is 0.541. The van der Waals surface area contributed by atoms with Crippen molar-refractivity contribution in [2.24, 2.45) is 11.8 Å². The van der Waals surface area contributed by atoms with E-state index in [4.69, 9.17) is 16.3 Å². The van der Waals surface area contributed by atoms with Crippen molar-refractivity contribution in [3.63, 3.8) is 0 Å². The highest BCUT2D eigenvalue weighted by molar-refractivity contribution is 6.18. The predicted molar refractivity (Wildman–Crippen MR) is 70.0 cm³/mol. The van der Waals surface area contributed by atoms with Gasteiger partial charge in [-0.1, -0.05) is 37.3 Å². The Morgan fingerprint density at radius 3 is 2.50 bits per heavy atom. The third-order valence-electron chi connectivity index (χ3n) is 3.12. The lowest BCUT2D eigenvalue weighted by Gasteiger charge is -2.21. The Hall–Kier alpha value is -0.530. The van der Waals surface area contributed by atoms with E-state index < -0.39 is 0 Å². The van der Waals surface area contributed by atoms with Gasteiger partial charge in [0.05, 0.1) is 0 Å². The van der Waals surface area contributed by atoms with Crippen LogP contribution in [0.25, 0.3) is 0 Å². The van der Waals surface area contributed by atoms with Gasteiger partial charge in [0.25, 0.3) is 0 Å². The molecular weight excluding hydrogens is 220 g/mol. The fourth-order valence-corrected chi connectivity index (χ4v) is 2.28. The molecule has 0 amide bonds. The maximum atomic E-state index is 6.05. The van der Waals surface area contributed by atoms with E-state index >= 15 is 0 Å². The van der Waals surface area contributed by atoms with E-state index in [0.29, 0.717) is 11.8 Å². The van der Waals surface area contributed by atoms with Crippen LogP contribution in [0.1, 0.15) is 18.9 Å². The average molecular weight is 241 g/mol. The van der Waals surface area contributed by atoms with Crippen molar-refractivity contribution in [2.75, 3.05) is 19.6 Å². The van der Waals surface area contributed by atoms with Crippen molar-refractivity contribution < 1.29 is 4.74 Å². The molecule has 0 aromatic heterocycles. The first-order valence-corrected chi connectivity index (χ1v) is 6.40. The van der Waals surface area contributed by atoms with Crippen LogP contribution < -0.4 is 0 Å². The minimum absolute atomic E-state index is 0.541. The van der Waals surface area contributed by atoms with E-state index in [1.807, 2.05) is 6.07 Å². The molecule has 0 radical (unpaired) electrons. The Balaban J connectivity index is 2.48. The van der Waals surface area contributed by atoms with Gasteiger partial charge < -0.3 is 4.74 Å². The smallest absolute Gasteiger partial charge is 0.0464 e. The summed E-state index contributed by atoms with van der Waals surface area (Å²) in [4.78, 5) is 0. The molecule has 0 saturated carbocycles. The van der Waals surface area contributed by atoms with Gasteiger partial charge in [0, 0.05) is 19.6 Å². The van der Waals surface area contributed by atoms with Crippen LogP contribution in [0.3, 0.4) is 0 Å². The molecule has 0 N–H and O–H groups in total. The van der Waals surface area contributed by atoms with Crippen molar-refractivity contribution in [2.45, 2.75) is 19.8 Å². The van der Waals surface area contributed by atoms with Crippen LogP contribution >= 0.6 is 11.6 Å². The molecule has 1 nitrogen and oxygen atoms in total. The minimum Gasteiger partial charge on any atom is -0.385 e. The van der Waals surface area contributed by atoms with Crippen molar-refractivity contribution in [3.05, 3.63) is 35.9 Å². The quantitative estimate of drug-likeness (QED) is 0.660. The van der Waals surface area contributed by atoms with Crippen LogP contribution in [0.5, 0.6) is 0 Å². The van der Waals surface area contributed by atoms with E-state index in [2.05, 4.69) is 31.2 Å². The van der Waals surface area contributed by atoms with Crippen molar-refractivity contribution in [1.29, 1.82) is 0 Å². The Bertz CT molecular complexity index is 273. The van der Waals surface area contributed by atoms with Crippen LogP contribution in [-0.4, -0.2) is 19.6 Å². The Labute approximate surface area is 104 Å². The summed E-state index contributed by atoms with van der Waals surface area (Å²) in [5, 5.41) is 0. The highest BCUT2D eigenvalue weighted by atomic mass is 35.5. The lowest BCUT2D eigenvalue weighted by atomic mass is 9.87. The second kappa shape index (κ2) is 7.70. The van der Waals surface area contributed by atoms with Crippen LogP contribution in [0.4, 0.5) is 0 Å². The van der Waals surface area contributed by atoms with Gasteiger partial charge in [0.1, 0.15) is 0 Å². The van der Waals surface area contributed by atoms with Gasteiger partial charge in [0.2, 0.25) is 0 Å². The summed E-state index contributed by atoms with van der Waals surface area (Å²) in [6, 6.07) is 10.6. The molecule has 1 aromatic carbocycles. The summed E-state index contributed by atoms with van der Waals surface area (Å²) < 4.78 is 5.11. The maximum absolute atomic E-state index is 6.05. The van der Waals surface area contributed by atoms with Gasteiger partial charge in [-0.2, -0.15) is 0 Å². The second-order valence-corrected chi connectivity index (χ2v) is 4.67. The van der Waals surface area contributed by atoms with Crippen LogP contribution in [0, 0.1) is 11.8 Å². The van der Waals surface area contributed by atoms with Crippen molar-refractivity contribution in [1.82, 2.24) is 0 Å². The van der Waals surface area contributed by atoms with E-state index in [1.54, 1.807) is 7.11 Å². The zero-order valence-corrected chi connectivity index (χ0v) is 10.9. The first-order chi connectivity index (χ1) is 7.77. The van der Waals surface area contributed by atoms with Crippen molar-refractivity contribution >= 4 is 11.6 Å². The van der Waals surface area contributed by atoms with Crippen LogP contribution in [-0.2, 0) is 11.2 Å². The van der Waals surface area contributed by atoms with Gasteiger partial charge in [-0.15, -0.1) is 11.6 Å². The largest absolute Gasteiger partial charge is 0.385 e.